The molecule has 0 amide bonds. The maximum absolute atomic E-state index is 10.4. The first-order valence-electron chi connectivity index (χ1n) is 7.17. The van der Waals surface area contributed by atoms with Crippen molar-refractivity contribution in [3.05, 3.63) is 72.8 Å². The highest BCUT2D eigenvalue weighted by molar-refractivity contribution is 6.08. The van der Waals surface area contributed by atoms with Crippen molar-refractivity contribution in [1.29, 1.82) is 0 Å². The predicted molar refractivity (Wildman–Crippen MR) is 90.2 cm³/mol. The van der Waals surface area contributed by atoms with Crippen molar-refractivity contribution in [3.63, 3.8) is 0 Å². The Morgan fingerprint density at radius 2 is 1.23 bits per heavy atom. The number of aromatic hydroxyl groups is 2. The SMILES string of the molecule is Oc1ccc2ccccc2c1-c1cccc2c(O)cccc12. The van der Waals surface area contributed by atoms with Crippen molar-refractivity contribution in [2.24, 2.45) is 0 Å². The maximum Gasteiger partial charge on any atom is 0.124 e. The van der Waals surface area contributed by atoms with Gasteiger partial charge in [-0.15, -0.1) is 0 Å². The maximum atomic E-state index is 10.4. The summed E-state index contributed by atoms with van der Waals surface area (Å²) in [6.45, 7) is 0. The lowest BCUT2D eigenvalue weighted by Gasteiger charge is -2.12. The first-order chi connectivity index (χ1) is 10.8. The molecule has 4 aromatic rings. The zero-order valence-corrected chi connectivity index (χ0v) is 11.8. The molecule has 4 rings (SSSR count). The van der Waals surface area contributed by atoms with Crippen LogP contribution in [0.1, 0.15) is 0 Å². The summed E-state index contributed by atoms with van der Waals surface area (Å²) in [5.74, 6) is 0.494. The van der Waals surface area contributed by atoms with Gasteiger partial charge in [-0.25, -0.2) is 0 Å². The van der Waals surface area contributed by atoms with Gasteiger partial charge in [0.2, 0.25) is 0 Å². The zero-order valence-electron chi connectivity index (χ0n) is 11.8. The number of fused-ring (bicyclic) bond motifs is 2. The normalized spacial score (nSPS) is 11.1. The van der Waals surface area contributed by atoms with Crippen molar-refractivity contribution >= 4 is 21.5 Å². The lowest BCUT2D eigenvalue weighted by molar-refractivity contribution is 0.478. The lowest BCUT2D eigenvalue weighted by Crippen LogP contribution is -1.85. The molecule has 0 aliphatic carbocycles. The van der Waals surface area contributed by atoms with Gasteiger partial charge in [0.05, 0.1) is 0 Å². The third kappa shape index (κ3) is 1.81. The van der Waals surface area contributed by atoms with E-state index < -0.39 is 0 Å². The van der Waals surface area contributed by atoms with Crippen molar-refractivity contribution < 1.29 is 10.2 Å². The van der Waals surface area contributed by atoms with Crippen molar-refractivity contribution in [3.8, 4) is 22.6 Å². The highest BCUT2D eigenvalue weighted by atomic mass is 16.3. The van der Waals surface area contributed by atoms with E-state index in [0.717, 1.165) is 32.7 Å². The van der Waals surface area contributed by atoms with Gasteiger partial charge in [0.25, 0.3) is 0 Å². The molecule has 0 saturated heterocycles. The summed E-state index contributed by atoms with van der Waals surface area (Å²) in [5, 5.41) is 24.3. The monoisotopic (exact) mass is 286 g/mol. The van der Waals surface area contributed by atoms with Crippen molar-refractivity contribution in [2.75, 3.05) is 0 Å². The first-order valence-corrected chi connectivity index (χ1v) is 7.17. The number of rotatable bonds is 1. The van der Waals surface area contributed by atoms with Gasteiger partial charge < -0.3 is 10.2 Å². The zero-order chi connectivity index (χ0) is 15.1. The standard InChI is InChI=1S/C20H14O2/c21-18-10-4-7-15-16(18)8-3-9-17(15)20-14-6-2-1-5-13(14)11-12-19(20)22/h1-12,21-22H. The highest BCUT2D eigenvalue weighted by Crippen LogP contribution is 2.41. The second kappa shape index (κ2) is 4.78. The number of benzene rings is 4. The van der Waals surface area contributed by atoms with E-state index in [4.69, 9.17) is 0 Å². The van der Waals surface area contributed by atoms with E-state index in [1.165, 1.54) is 0 Å². The fourth-order valence-corrected chi connectivity index (χ4v) is 3.05. The summed E-state index contributed by atoms with van der Waals surface area (Å²) in [6.07, 6.45) is 0. The quantitative estimate of drug-likeness (QED) is 0.513. The van der Waals surface area contributed by atoms with Crippen LogP contribution in [0.25, 0.3) is 32.7 Å². The molecule has 0 aliphatic heterocycles. The summed E-state index contributed by atoms with van der Waals surface area (Å²) in [5.41, 5.74) is 1.72. The van der Waals surface area contributed by atoms with E-state index in [-0.39, 0.29) is 11.5 Å². The lowest BCUT2D eigenvalue weighted by atomic mass is 9.93. The molecule has 2 N–H and O–H groups in total. The molecule has 4 aromatic carbocycles. The summed E-state index contributed by atoms with van der Waals surface area (Å²) >= 11 is 0. The van der Waals surface area contributed by atoms with Crippen LogP contribution in [0.5, 0.6) is 11.5 Å². The Morgan fingerprint density at radius 1 is 0.500 bits per heavy atom. The number of phenolic OH excluding ortho intramolecular Hbond substituents is 2. The Morgan fingerprint density at radius 3 is 2.14 bits per heavy atom. The minimum absolute atomic E-state index is 0.245. The Bertz CT molecular complexity index is 1000. The van der Waals surface area contributed by atoms with Gasteiger partial charge in [-0.3, -0.25) is 0 Å². The van der Waals surface area contributed by atoms with Crippen LogP contribution in [0.3, 0.4) is 0 Å². The van der Waals surface area contributed by atoms with E-state index in [9.17, 15) is 10.2 Å². The van der Waals surface area contributed by atoms with Crippen molar-refractivity contribution in [1.82, 2.24) is 0 Å². The van der Waals surface area contributed by atoms with Crippen LogP contribution in [-0.4, -0.2) is 10.2 Å². The highest BCUT2D eigenvalue weighted by Gasteiger charge is 2.13. The van der Waals surface area contributed by atoms with Gasteiger partial charge in [0.1, 0.15) is 11.5 Å². The molecule has 0 heterocycles. The van der Waals surface area contributed by atoms with Crippen LogP contribution in [0, 0.1) is 0 Å². The molecule has 0 fully saturated rings. The molecule has 0 aromatic heterocycles. The fourth-order valence-electron chi connectivity index (χ4n) is 3.05. The van der Waals surface area contributed by atoms with E-state index >= 15 is 0 Å². The molecule has 0 bridgehead atoms. The molecule has 22 heavy (non-hydrogen) atoms. The van der Waals surface area contributed by atoms with Crippen LogP contribution >= 0.6 is 0 Å². The van der Waals surface area contributed by atoms with E-state index in [0.29, 0.717) is 0 Å². The Balaban J connectivity index is 2.17. The first kappa shape index (κ1) is 12.7. The molecule has 2 nitrogen and oxygen atoms in total. The van der Waals surface area contributed by atoms with Gasteiger partial charge >= 0.3 is 0 Å². The average Bonchev–Trinajstić information content (AvgIpc) is 2.55. The molecular formula is C20H14O2. The molecule has 106 valence electrons. The van der Waals surface area contributed by atoms with Crippen LogP contribution in [0.2, 0.25) is 0 Å². The molecule has 0 unspecified atom stereocenters. The number of phenols is 2. The minimum Gasteiger partial charge on any atom is -0.507 e. The largest absolute Gasteiger partial charge is 0.507 e. The molecule has 0 radical (unpaired) electrons. The second-order valence-corrected chi connectivity index (χ2v) is 5.36. The van der Waals surface area contributed by atoms with Crippen molar-refractivity contribution in [2.45, 2.75) is 0 Å². The summed E-state index contributed by atoms with van der Waals surface area (Å²) < 4.78 is 0. The third-order valence-corrected chi connectivity index (χ3v) is 4.08. The van der Waals surface area contributed by atoms with Gasteiger partial charge in [0, 0.05) is 10.9 Å². The predicted octanol–water partition coefficient (Wildman–Crippen LogP) is 5.07. The molecule has 0 atom stereocenters. The van der Waals surface area contributed by atoms with Crippen LogP contribution in [0.4, 0.5) is 0 Å². The molecule has 0 saturated carbocycles. The van der Waals surface area contributed by atoms with Crippen LogP contribution < -0.4 is 0 Å². The van der Waals surface area contributed by atoms with Gasteiger partial charge in [-0.1, -0.05) is 60.7 Å². The van der Waals surface area contributed by atoms with Gasteiger partial charge in [-0.2, -0.15) is 0 Å². The fraction of sp³-hybridized carbons (Fsp3) is 0. The smallest absolute Gasteiger partial charge is 0.124 e. The van der Waals surface area contributed by atoms with Gasteiger partial charge in [-0.05, 0) is 33.9 Å². The van der Waals surface area contributed by atoms with Gasteiger partial charge in [0.15, 0.2) is 0 Å². The Kier molecular flexibility index (Phi) is 2.76. The minimum atomic E-state index is 0.245. The Hall–Kier alpha value is -3.00. The number of hydrogen-bond acceptors (Lipinski definition) is 2. The second-order valence-electron chi connectivity index (χ2n) is 5.36. The molecule has 0 aliphatic rings. The average molecular weight is 286 g/mol. The van der Waals surface area contributed by atoms with E-state index in [2.05, 4.69) is 0 Å². The summed E-state index contributed by atoms with van der Waals surface area (Å²) in [4.78, 5) is 0. The van der Waals surface area contributed by atoms with E-state index in [1.807, 2.05) is 60.7 Å². The van der Waals surface area contributed by atoms with E-state index in [1.54, 1.807) is 12.1 Å². The summed E-state index contributed by atoms with van der Waals surface area (Å²) in [6, 6.07) is 22.8. The molecule has 0 spiro atoms. The Labute approximate surface area is 127 Å². The number of hydrogen-bond donors (Lipinski definition) is 2. The molecular weight excluding hydrogens is 272 g/mol. The molecule has 2 heteroatoms. The summed E-state index contributed by atoms with van der Waals surface area (Å²) in [7, 11) is 0. The third-order valence-electron chi connectivity index (χ3n) is 4.08. The van der Waals surface area contributed by atoms with Crippen LogP contribution in [0.15, 0.2) is 72.8 Å². The van der Waals surface area contributed by atoms with Crippen LogP contribution in [-0.2, 0) is 0 Å². The topological polar surface area (TPSA) is 40.5 Å².